The lowest BCUT2D eigenvalue weighted by Crippen LogP contribution is -2.04. The molecule has 2 atom stereocenters. The zero-order valence-corrected chi connectivity index (χ0v) is 12.2. The molecule has 1 heterocycles. The van der Waals surface area contributed by atoms with Crippen LogP contribution in [0, 0.1) is 5.92 Å². The first kappa shape index (κ1) is 14.1. The van der Waals surface area contributed by atoms with E-state index in [0.29, 0.717) is 18.4 Å². The smallest absolute Gasteiger partial charge is 0.257 e. The Morgan fingerprint density at radius 3 is 2.76 bits per heavy atom. The summed E-state index contributed by atoms with van der Waals surface area (Å²) in [6.45, 7) is 2.94. The third-order valence-corrected chi connectivity index (χ3v) is 4.07. The molecule has 2 aromatic rings. The third kappa shape index (κ3) is 3.24. The lowest BCUT2D eigenvalue weighted by Gasteiger charge is -2.04. The number of rotatable bonds is 5. The highest BCUT2D eigenvalue weighted by molar-refractivity contribution is 5.58. The van der Waals surface area contributed by atoms with E-state index in [-0.39, 0.29) is 6.61 Å². The molecule has 3 rings (SSSR count). The normalized spacial score (nSPS) is 21.6. The number of benzene rings is 1. The average molecular weight is 287 g/mol. The number of aromatic nitrogens is 2. The van der Waals surface area contributed by atoms with Gasteiger partial charge in [-0.25, -0.2) is 0 Å². The van der Waals surface area contributed by atoms with Gasteiger partial charge in [0.15, 0.2) is 5.82 Å². The second kappa shape index (κ2) is 6.26. The van der Waals surface area contributed by atoms with Crippen molar-refractivity contribution in [2.75, 3.05) is 18.5 Å². The predicted octanol–water partition coefficient (Wildman–Crippen LogP) is 3.04. The van der Waals surface area contributed by atoms with Gasteiger partial charge in [-0.05, 0) is 49.4 Å². The lowest BCUT2D eigenvalue weighted by molar-refractivity contribution is 0.311. The van der Waals surface area contributed by atoms with E-state index in [0.717, 1.165) is 35.8 Å². The minimum absolute atomic E-state index is 0.120. The maximum Gasteiger partial charge on any atom is 0.257 e. The monoisotopic (exact) mass is 287 g/mol. The van der Waals surface area contributed by atoms with Crippen LogP contribution < -0.4 is 5.32 Å². The fraction of sp³-hybridized carbons (Fsp3) is 0.500. The van der Waals surface area contributed by atoms with Gasteiger partial charge in [0, 0.05) is 23.7 Å². The highest BCUT2D eigenvalue weighted by Gasteiger charge is 2.26. The fourth-order valence-corrected chi connectivity index (χ4v) is 2.89. The van der Waals surface area contributed by atoms with Crippen molar-refractivity contribution in [1.82, 2.24) is 10.1 Å². The number of nitrogens with zero attached hydrogens (tertiary/aromatic N) is 2. The molecular formula is C16H21N3O2. The number of aliphatic hydroxyl groups is 1. The predicted molar refractivity (Wildman–Crippen MR) is 81.1 cm³/mol. The van der Waals surface area contributed by atoms with Crippen LogP contribution >= 0.6 is 0 Å². The summed E-state index contributed by atoms with van der Waals surface area (Å²) < 4.78 is 5.40. The van der Waals surface area contributed by atoms with Crippen molar-refractivity contribution >= 4 is 5.69 Å². The number of hydrogen-bond donors (Lipinski definition) is 2. The quantitative estimate of drug-likeness (QED) is 0.884. The number of hydrogen-bond acceptors (Lipinski definition) is 5. The van der Waals surface area contributed by atoms with Crippen LogP contribution in [0.3, 0.4) is 0 Å². The summed E-state index contributed by atoms with van der Waals surface area (Å²) in [6, 6.07) is 7.81. The van der Waals surface area contributed by atoms with Crippen LogP contribution in [0.15, 0.2) is 28.8 Å². The highest BCUT2D eigenvalue weighted by atomic mass is 16.5. The molecule has 1 aromatic heterocycles. The largest absolute Gasteiger partial charge is 0.395 e. The van der Waals surface area contributed by atoms with Gasteiger partial charge in [0.05, 0.1) is 6.61 Å². The van der Waals surface area contributed by atoms with Crippen LogP contribution in [-0.2, 0) is 0 Å². The number of anilines is 1. The molecule has 1 saturated carbocycles. The molecule has 5 heteroatoms. The molecule has 0 bridgehead atoms. The molecule has 112 valence electrons. The van der Waals surface area contributed by atoms with Crippen LogP contribution in [0.2, 0.25) is 0 Å². The minimum Gasteiger partial charge on any atom is -0.395 e. The Morgan fingerprint density at radius 1 is 1.29 bits per heavy atom. The van der Waals surface area contributed by atoms with E-state index in [2.05, 4.69) is 22.4 Å². The summed E-state index contributed by atoms with van der Waals surface area (Å²) in [5.74, 6) is 2.63. The average Bonchev–Trinajstić information content (AvgIpc) is 3.14. The van der Waals surface area contributed by atoms with E-state index in [1.165, 1.54) is 6.42 Å². The van der Waals surface area contributed by atoms with Crippen molar-refractivity contribution in [2.24, 2.45) is 5.92 Å². The van der Waals surface area contributed by atoms with Crippen molar-refractivity contribution in [3.05, 3.63) is 30.1 Å². The molecule has 1 aliphatic rings. The Labute approximate surface area is 124 Å². The number of nitrogens with one attached hydrogen (secondary N) is 1. The van der Waals surface area contributed by atoms with Gasteiger partial charge in [0.2, 0.25) is 0 Å². The van der Waals surface area contributed by atoms with E-state index in [1.54, 1.807) is 0 Å². The van der Waals surface area contributed by atoms with Crippen LogP contribution in [0.4, 0.5) is 5.69 Å². The van der Waals surface area contributed by atoms with Crippen molar-refractivity contribution in [1.29, 1.82) is 0 Å². The highest BCUT2D eigenvalue weighted by Crippen LogP contribution is 2.37. The molecule has 21 heavy (non-hydrogen) atoms. The van der Waals surface area contributed by atoms with Crippen LogP contribution in [0.25, 0.3) is 11.5 Å². The molecule has 1 aliphatic carbocycles. The topological polar surface area (TPSA) is 71.2 Å². The Bertz CT molecular complexity index is 579. The summed E-state index contributed by atoms with van der Waals surface area (Å²) in [4.78, 5) is 4.55. The van der Waals surface area contributed by atoms with Gasteiger partial charge in [0.25, 0.3) is 5.89 Å². The molecular weight excluding hydrogens is 266 g/mol. The fourth-order valence-electron chi connectivity index (χ4n) is 2.89. The van der Waals surface area contributed by atoms with Gasteiger partial charge >= 0.3 is 0 Å². The Balaban J connectivity index is 1.70. The maximum absolute atomic E-state index is 8.79. The number of aliphatic hydroxyl groups excluding tert-OH is 1. The second-order valence-electron chi connectivity index (χ2n) is 5.80. The molecule has 0 aliphatic heterocycles. The standard InChI is InChI=1S/C16H21N3O2/c1-11-2-3-13(10-11)15-18-16(21-19-15)12-4-6-14(7-5-12)17-8-9-20/h4-7,11,13,17,20H,2-3,8-10H2,1H3. The van der Waals surface area contributed by atoms with E-state index < -0.39 is 0 Å². The summed E-state index contributed by atoms with van der Waals surface area (Å²) in [6.07, 6.45) is 3.56. The van der Waals surface area contributed by atoms with Gasteiger partial charge in [-0.3, -0.25) is 0 Å². The van der Waals surface area contributed by atoms with Crippen LogP contribution in [0.1, 0.15) is 37.9 Å². The van der Waals surface area contributed by atoms with Gasteiger partial charge in [-0.15, -0.1) is 0 Å². The van der Waals surface area contributed by atoms with Gasteiger partial charge in [0.1, 0.15) is 0 Å². The summed E-state index contributed by atoms with van der Waals surface area (Å²) >= 11 is 0. The first-order valence-corrected chi connectivity index (χ1v) is 7.55. The van der Waals surface area contributed by atoms with Gasteiger partial charge in [-0.1, -0.05) is 12.1 Å². The van der Waals surface area contributed by atoms with Crippen molar-refractivity contribution in [3.63, 3.8) is 0 Å². The first-order chi connectivity index (χ1) is 10.3. The third-order valence-electron chi connectivity index (χ3n) is 4.07. The van der Waals surface area contributed by atoms with E-state index in [9.17, 15) is 0 Å². The zero-order chi connectivity index (χ0) is 14.7. The zero-order valence-electron chi connectivity index (χ0n) is 12.2. The van der Waals surface area contributed by atoms with Crippen LogP contribution in [-0.4, -0.2) is 28.4 Å². The molecule has 1 fully saturated rings. The summed E-state index contributed by atoms with van der Waals surface area (Å²) in [5.41, 5.74) is 1.89. The Kier molecular flexibility index (Phi) is 4.20. The van der Waals surface area contributed by atoms with E-state index in [1.807, 2.05) is 24.3 Å². The van der Waals surface area contributed by atoms with Crippen LogP contribution in [0.5, 0.6) is 0 Å². The van der Waals surface area contributed by atoms with Crippen molar-refractivity contribution < 1.29 is 9.63 Å². The molecule has 0 spiro atoms. The van der Waals surface area contributed by atoms with E-state index in [4.69, 9.17) is 9.63 Å². The Morgan fingerprint density at radius 2 is 2.10 bits per heavy atom. The molecule has 2 N–H and O–H groups in total. The molecule has 1 aromatic carbocycles. The molecule has 0 radical (unpaired) electrons. The molecule has 0 saturated heterocycles. The second-order valence-corrected chi connectivity index (χ2v) is 5.80. The maximum atomic E-state index is 8.79. The minimum atomic E-state index is 0.120. The van der Waals surface area contributed by atoms with Crippen molar-refractivity contribution in [3.8, 4) is 11.5 Å². The SMILES string of the molecule is CC1CCC(c2noc(-c3ccc(NCCO)cc3)n2)C1. The summed E-state index contributed by atoms with van der Waals surface area (Å²) in [7, 11) is 0. The molecule has 0 amide bonds. The van der Waals surface area contributed by atoms with Gasteiger partial charge < -0.3 is 14.9 Å². The molecule has 2 unspecified atom stereocenters. The van der Waals surface area contributed by atoms with E-state index >= 15 is 0 Å². The summed E-state index contributed by atoms with van der Waals surface area (Å²) in [5, 5.41) is 16.0. The van der Waals surface area contributed by atoms with Gasteiger partial charge in [-0.2, -0.15) is 4.98 Å². The molecule has 5 nitrogen and oxygen atoms in total. The Hall–Kier alpha value is -1.88. The first-order valence-electron chi connectivity index (χ1n) is 7.55. The van der Waals surface area contributed by atoms with Crippen molar-refractivity contribution in [2.45, 2.75) is 32.1 Å². The lowest BCUT2D eigenvalue weighted by atomic mass is 10.1.